The quantitative estimate of drug-likeness (QED) is 0.242. The van der Waals surface area contributed by atoms with Gasteiger partial charge in [-0.25, -0.2) is 0 Å². The molecular formula is C21H32BrIN4. The molecule has 0 spiro atoms. The molecule has 1 aliphatic heterocycles. The van der Waals surface area contributed by atoms with Gasteiger partial charge in [-0.2, -0.15) is 0 Å². The zero-order chi connectivity index (χ0) is 18.6. The van der Waals surface area contributed by atoms with Crippen LogP contribution in [0.1, 0.15) is 38.2 Å². The topological polar surface area (TPSA) is 39.7 Å². The number of aliphatic imine (C=N–C) groups is 1. The van der Waals surface area contributed by atoms with Crippen molar-refractivity contribution in [1.29, 1.82) is 0 Å². The molecule has 0 atom stereocenters. The summed E-state index contributed by atoms with van der Waals surface area (Å²) in [6.07, 6.45) is 4.78. The summed E-state index contributed by atoms with van der Waals surface area (Å²) in [5.41, 5.74) is 2.91. The number of halogens is 2. The molecule has 1 aromatic rings. The van der Waals surface area contributed by atoms with Gasteiger partial charge < -0.3 is 10.6 Å². The molecule has 2 fully saturated rings. The van der Waals surface area contributed by atoms with Crippen LogP contribution in [0.3, 0.4) is 0 Å². The normalized spacial score (nSPS) is 19.9. The van der Waals surface area contributed by atoms with Gasteiger partial charge in [0.1, 0.15) is 0 Å². The Bertz CT molecular complexity index is 664. The van der Waals surface area contributed by atoms with Gasteiger partial charge >= 0.3 is 0 Å². The van der Waals surface area contributed by atoms with Crippen molar-refractivity contribution in [3.8, 4) is 0 Å². The lowest BCUT2D eigenvalue weighted by atomic mass is 9.96. The highest BCUT2D eigenvalue weighted by atomic mass is 127. The van der Waals surface area contributed by atoms with E-state index in [2.05, 4.69) is 74.2 Å². The van der Waals surface area contributed by atoms with Crippen molar-refractivity contribution in [2.75, 3.05) is 33.2 Å². The van der Waals surface area contributed by atoms with Crippen LogP contribution >= 0.6 is 39.9 Å². The number of rotatable bonds is 6. The average molecular weight is 547 g/mol. The van der Waals surface area contributed by atoms with E-state index in [0.717, 1.165) is 45.0 Å². The molecule has 4 nitrogen and oxygen atoms in total. The van der Waals surface area contributed by atoms with Gasteiger partial charge in [0.05, 0.1) is 0 Å². The molecule has 0 radical (unpaired) electrons. The standard InChI is InChI=1S/C21H31BrN4.HI/c1-16(2)14-26-12-8-17(9-13-26)25-20(23-3)24-15-21(10-11-21)18-6-4-5-7-19(18)22;/h4-7,17H,1,8-15H2,2-3H3,(H2,23,24,25);1H. The van der Waals surface area contributed by atoms with Crippen molar-refractivity contribution >= 4 is 45.9 Å². The lowest BCUT2D eigenvalue weighted by Crippen LogP contribution is -2.50. The molecule has 2 aliphatic rings. The minimum atomic E-state index is 0. The lowest BCUT2D eigenvalue weighted by Gasteiger charge is -2.33. The van der Waals surface area contributed by atoms with Crippen molar-refractivity contribution in [2.45, 2.75) is 44.1 Å². The summed E-state index contributed by atoms with van der Waals surface area (Å²) in [4.78, 5) is 6.94. The Morgan fingerprint density at radius 1 is 1.30 bits per heavy atom. The Balaban J connectivity index is 0.00000261. The zero-order valence-electron chi connectivity index (χ0n) is 16.4. The maximum absolute atomic E-state index is 4.45. The van der Waals surface area contributed by atoms with Gasteiger partial charge in [-0.3, -0.25) is 9.89 Å². The van der Waals surface area contributed by atoms with Gasteiger partial charge in [0.25, 0.3) is 0 Å². The van der Waals surface area contributed by atoms with Gasteiger partial charge in [0, 0.05) is 49.2 Å². The molecule has 0 bridgehead atoms. The van der Waals surface area contributed by atoms with E-state index in [1.807, 2.05) is 7.05 Å². The molecule has 150 valence electrons. The second kappa shape index (κ2) is 10.3. The van der Waals surface area contributed by atoms with Crippen LogP contribution in [0.4, 0.5) is 0 Å². The van der Waals surface area contributed by atoms with Gasteiger partial charge in [-0.15, -0.1) is 24.0 Å². The number of likely N-dealkylation sites (tertiary alicyclic amines) is 1. The second-order valence-corrected chi connectivity index (χ2v) is 8.69. The molecule has 6 heteroatoms. The van der Waals surface area contributed by atoms with E-state index >= 15 is 0 Å². The molecule has 2 N–H and O–H groups in total. The summed E-state index contributed by atoms with van der Waals surface area (Å²) in [7, 11) is 1.86. The smallest absolute Gasteiger partial charge is 0.191 e. The van der Waals surface area contributed by atoms with Crippen molar-refractivity contribution in [2.24, 2.45) is 4.99 Å². The number of hydrogen-bond donors (Lipinski definition) is 2. The molecule has 1 heterocycles. The minimum Gasteiger partial charge on any atom is -0.356 e. The lowest BCUT2D eigenvalue weighted by molar-refractivity contribution is 0.221. The third-order valence-electron chi connectivity index (χ3n) is 5.54. The van der Waals surface area contributed by atoms with Crippen molar-refractivity contribution < 1.29 is 0 Å². The van der Waals surface area contributed by atoms with Gasteiger partial charge in [0.15, 0.2) is 5.96 Å². The van der Waals surface area contributed by atoms with Crippen LogP contribution in [0, 0.1) is 0 Å². The summed E-state index contributed by atoms with van der Waals surface area (Å²) in [6, 6.07) is 9.10. The Hall–Kier alpha value is -0.600. The van der Waals surface area contributed by atoms with E-state index in [4.69, 9.17) is 0 Å². The van der Waals surface area contributed by atoms with Crippen molar-refractivity contribution in [1.82, 2.24) is 15.5 Å². The van der Waals surface area contributed by atoms with Gasteiger partial charge in [0.2, 0.25) is 0 Å². The highest BCUT2D eigenvalue weighted by Gasteiger charge is 2.45. The van der Waals surface area contributed by atoms with E-state index in [9.17, 15) is 0 Å². The molecule has 1 aliphatic carbocycles. The predicted molar refractivity (Wildman–Crippen MR) is 129 cm³/mol. The fraction of sp³-hybridized carbons (Fsp3) is 0.571. The zero-order valence-corrected chi connectivity index (χ0v) is 20.3. The van der Waals surface area contributed by atoms with E-state index in [-0.39, 0.29) is 29.4 Å². The summed E-state index contributed by atoms with van der Waals surface area (Å²) in [5.74, 6) is 0.932. The molecule has 1 aromatic carbocycles. The van der Waals surface area contributed by atoms with Gasteiger partial charge in [-0.1, -0.05) is 46.3 Å². The predicted octanol–water partition coefficient (Wildman–Crippen LogP) is 4.30. The maximum Gasteiger partial charge on any atom is 0.191 e. The molecule has 1 saturated heterocycles. The molecule has 0 aromatic heterocycles. The highest BCUT2D eigenvalue weighted by Crippen LogP contribution is 2.49. The Labute approximate surface area is 189 Å². The highest BCUT2D eigenvalue weighted by molar-refractivity contribution is 14.0. The van der Waals surface area contributed by atoms with Crippen LogP contribution < -0.4 is 10.6 Å². The first-order valence-electron chi connectivity index (χ1n) is 9.61. The molecule has 27 heavy (non-hydrogen) atoms. The average Bonchev–Trinajstić information content (AvgIpc) is 3.41. The third kappa shape index (κ3) is 6.19. The minimum absolute atomic E-state index is 0. The number of guanidine groups is 1. The number of nitrogens with one attached hydrogen (secondary N) is 2. The molecule has 1 saturated carbocycles. The fourth-order valence-electron chi connectivity index (χ4n) is 3.84. The maximum atomic E-state index is 4.45. The Morgan fingerprint density at radius 2 is 1.96 bits per heavy atom. The largest absolute Gasteiger partial charge is 0.356 e. The van der Waals surface area contributed by atoms with E-state index in [1.54, 1.807) is 0 Å². The number of benzene rings is 1. The fourth-order valence-corrected chi connectivity index (χ4v) is 4.55. The van der Waals surface area contributed by atoms with Crippen molar-refractivity contribution in [3.63, 3.8) is 0 Å². The van der Waals surface area contributed by atoms with Crippen LogP contribution in [-0.4, -0.2) is 50.1 Å². The van der Waals surface area contributed by atoms with E-state index in [0.29, 0.717) is 6.04 Å². The van der Waals surface area contributed by atoms with Gasteiger partial charge in [-0.05, 0) is 44.2 Å². The van der Waals surface area contributed by atoms with Crippen LogP contribution in [-0.2, 0) is 5.41 Å². The summed E-state index contributed by atoms with van der Waals surface area (Å²) in [6.45, 7) is 10.3. The molecule has 0 amide bonds. The van der Waals surface area contributed by atoms with Crippen LogP contribution in [0.15, 0.2) is 45.9 Å². The van der Waals surface area contributed by atoms with Crippen LogP contribution in [0.25, 0.3) is 0 Å². The monoisotopic (exact) mass is 546 g/mol. The molecule has 0 unspecified atom stereocenters. The SMILES string of the molecule is C=C(C)CN1CCC(NC(=NC)NCC2(c3ccccc3Br)CC2)CC1.I. The number of piperidine rings is 1. The number of hydrogen-bond acceptors (Lipinski definition) is 2. The third-order valence-corrected chi connectivity index (χ3v) is 6.23. The summed E-state index contributed by atoms with van der Waals surface area (Å²) >= 11 is 3.71. The van der Waals surface area contributed by atoms with Crippen molar-refractivity contribution in [3.05, 3.63) is 46.5 Å². The summed E-state index contributed by atoms with van der Waals surface area (Å²) < 4.78 is 1.21. The Kier molecular flexibility index (Phi) is 8.62. The Morgan fingerprint density at radius 3 is 2.52 bits per heavy atom. The van der Waals surface area contributed by atoms with Crippen LogP contribution in [0.2, 0.25) is 0 Å². The van der Waals surface area contributed by atoms with E-state index < -0.39 is 0 Å². The van der Waals surface area contributed by atoms with E-state index in [1.165, 1.54) is 28.5 Å². The molecule has 3 rings (SSSR count). The first kappa shape index (κ1) is 22.7. The first-order chi connectivity index (χ1) is 12.5. The second-order valence-electron chi connectivity index (χ2n) is 7.84. The molecular weight excluding hydrogens is 515 g/mol. The first-order valence-corrected chi connectivity index (χ1v) is 10.4. The number of nitrogens with zero attached hydrogens (tertiary/aromatic N) is 2. The summed E-state index contributed by atoms with van der Waals surface area (Å²) in [5, 5.41) is 7.20. The van der Waals surface area contributed by atoms with Crippen LogP contribution in [0.5, 0.6) is 0 Å².